The van der Waals surface area contributed by atoms with Crippen LogP contribution < -0.4 is 15.5 Å². The minimum atomic E-state index is 0.0277. The first kappa shape index (κ1) is 17.4. The zero-order valence-electron chi connectivity index (χ0n) is 15.0. The summed E-state index contributed by atoms with van der Waals surface area (Å²) in [5.74, 6) is 1.36. The van der Waals surface area contributed by atoms with Gasteiger partial charge < -0.3 is 15.5 Å². The molecule has 0 atom stereocenters. The second-order valence-electron chi connectivity index (χ2n) is 6.12. The molecule has 0 aliphatic rings. The Morgan fingerprint density at radius 2 is 1.54 bits per heavy atom. The van der Waals surface area contributed by atoms with Gasteiger partial charge in [0.2, 0.25) is 0 Å². The van der Waals surface area contributed by atoms with E-state index in [2.05, 4.69) is 20.6 Å². The third kappa shape index (κ3) is 4.36. The number of carbonyl (C=O) groups excluding carboxylic acids is 1. The Kier molecular flexibility index (Phi) is 5.12. The fourth-order valence-electron chi connectivity index (χ4n) is 2.45. The monoisotopic (exact) mass is 347 g/mol. The number of rotatable bonds is 6. The van der Waals surface area contributed by atoms with Gasteiger partial charge in [0, 0.05) is 42.8 Å². The van der Waals surface area contributed by atoms with Gasteiger partial charge in [-0.15, -0.1) is 0 Å². The van der Waals surface area contributed by atoms with Crippen molar-refractivity contribution in [3.05, 3.63) is 66.5 Å². The highest BCUT2D eigenvalue weighted by Gasteiger charge is 2.04. The van der Waals surface area contributed by atoms with E-state index in [0.717, 1.165) is 17.1 Å². The number of Topliss-reactive ketones (excluding diaryl/α,β-unsaturated/α-hetero) is 1. The quantitative estimate of drug-likeness (QED) is 0.650. The first-order valence-electron chi connectivity index (χ1n) is 8.26. The second-order valence-corrected chi connectivity index (χ2v) is 6.12. The van der Waals surface area contributed by atoms with Crippen molar-refractivity contribution in [2.75, 3.05) is 29.6 Å². The van der Waals surface area contributed by atoms with Crippen molar-refractivity contribution < 1.29 is 4.79 Å². The van der Waals surface area contributed by atoms with E-state index >= 15 is 0 Å². The van der Waals surface area contributed by atoms with Crippen LogP contribution in [0, 0.1) is 0 Å². The van der Waals surface area contributed by atoms with E-state index in [-0.39, 0.29) is 5.78 Å². The number of hydrogen-bond acceptors (Lipinski definition) is 6. The number of carbonyl (C=O) groups is 1. The van der Waals surface area contributed by atoms with Crippen LogP contribution in [-0.4, -0.2) is 29.8 Å². The maximum Gasteiger partial charge on any atom is 0.159 e. The fraction of sp³-hybridized carbons (Fsp3) is 0.150. The third-order valence-corrected chi connectivity index (χ3v) is 3.86. The third-order valence-electron chi connectivity index (χ3n) is 3.86. The average Bonchev–Trinajstić information content (AvgIpc) is 2.62. The van der Waals surface area contributed by atoms with Crippen LogP contribution in [0.25, 0.3) is 0 Å². The standard InChI is InChI=1S/C20H21N5O/c1-14(26)15-5-4-6-17(11-15)24-20-12-19(21-13-22-20)23-16-7-9-18(10-8-16)25(2)3/h4-13H,1-3H3,(H2,21,22,23,24). The number of nitrogens with zero attached hydrogens (tertiary/aromatic N) is 3. The van der Waals surface area contributed by atoms with Crippen LogP contribution in [0.3, 0.4) is 0 Å². The van der Waals surface area contributed by atoms with Crippen LogP contribution in [0.1, 0.15) is 17.3 Å². The molecule has 3 rings (SSSR count). The molecule has 0 bridgehead atoms. The number of benzene rings is 2. The summed E-state index contributed by atoms with van der Waals surface area (Å²) < 4.78 is 0. The van der Waals surface area contributed by atoms with Crippen molar-refractivity contribution in [3.8, 4) is 0 Å². The first-order chi connectivity index (χ1) is 12.5. The molecule has 0 fully saturated rings. The molecule has 0 radical (unpaired) electrons. The van der Waals surface area contributed by atoms with Crippen molar-refractivity contribution in [3.63, 3.8) is 0 Å². The van der Waals surface area contributed by atoms with Gasteiger partial charge in [-0.1, -0.05) is 12.1 Å². The lowest BCUT2D eigenvalue weighted by Crippen LogP contribution is -2.08. The van der Waals surface area contributed by atoms with Gasteiger partial charge in [0.05, 0.1) is 0 Å². The van der Waals surface area contributed by atoms with Crippen LogP contribution in [-0.2, 0) is 0 Å². The normalized spacial score (nSPS) is 10.3. The van der Waals surface area contributed by atoms with Crippen LogP contribution in [0.2, 0.25) is 0 Å². The molecule has 2 aromatic carbocycles. The maximum absolute atomic E-state index is 11.5. The molecule has 26 heavy (non-hydrogen) atoms. The van der Waals surface area contributed by atoms with Crippen LogP contribution in [0.15, 0.2) is 60.9 Å². The Labute approximate surface area is 152 Å². The molecule has 132 valence electrons. The number of ketones is 1. The molecule has 3 aromatic rings. The average molecular weight is 347 g/mol. The van der Waals surface area contributed by atoms with Crippen molar-refractivity contribution in [2.45, 2.75) is 6.92 Å². The molecule has 0 amide bonds. The minimum absolute atomic E-state index is 0.0277. The summed E-state index contributed by atoms with van der Waals surface area (Å²) in [7, 11) is 4.01. The molecule has 0 saturated heterocycles. The lowest BCUT2D eigenvalue weighted by molar-refractivity contribution is 0.101. The van der Waals surface area contributed by atoms with Gasteiger partial charge in [-0.2, -0.15) is 0 Å². The minimum Gasteiger partial charge on any atom is -0.378 e. The summed E-state index contributed by atoms with van der Waals surface area (Å²) in [4.78, 5) is 22.0. The Morgan fingerprint density at radius 1 is 0.885 bits per heavy atom. The van der Waals surface area contributed by atoms with Crippen LogP contribution in [0.5, 0.6) is 0 Å². The number of hydrogen-bond donors (Lipinski definition) is 2. The van der Waals surface area contributed by atoms with Gasteiger partial charge in [0.15, 0.2) is 5.78 Å². The topological polar surface area (TPSA) is 70.2 Å². The first-order valence-corrected chi connectivity index (χ1v) is 8.26. The molecule has 1 aromatic heterocycles. The molecular formula is C20H21N5O. The molecule has 1 heterocycles. The van der Waals surface area contributed by atoms with Crippen molar-refractivity contribution in [1.29, 1.82) is 0 Å². The van der Waals surface area contributed by atoms with Crippen molar-refractivity contribution in [2.24, 2.45) is 0 Å². The summed E-state index contributed by atoms with van der Waals surface area (Å²) in [5, 5.41) is 6.46. The van der Waals surface area contributed by atoms with Gasteiger partial charge in [0.25, 0.3) is 0 Å². The van der Waals surface area contributed by atoms with Crippen molar-refractivity contribution in [1.82, 2.24) is 9.97 Å². The summed E-state index contributed by atoms with van der Waals surface area (Å²) in [6.45, 7) is 1.55. The Hall–Kier alpha value is -3.41. The predicted molar refractivity (Wildman–Crippen MR) is 106 cm³/mol. The van der Waals surface area contributed by atoms with Gasteiger partial charge in [0.1, 0.15) is 18.0 Å². The molecule has 0 aliphatic carbocycles. The Morgan fingerprint density at radius 3 is 2.15 bits per heavy atom. The highest BCUT2D eigenvalue weighted by Crippen LogP contribution is 2.22. The lowest BCUT2D eigenvalue weighted by atomic mass is 10.1. The van der Waals surface area contributed by atoms with Gasteiger partial charge >= 0.3 is 0 Å². The summed E-state index contributed by atoms with van der Waals surface area (Å²) >= 11 is 0. The second kappa shape index (κ2) is 7.65. The highest BCUT2D eigenvalue weighted by molar-refractivity contribution is 5.95. The van der Waals surface area contributed by atoms with E-state index in [1.165, 1.54) is 6.33 Å². The summed E-state index contributed by atoms with van der Waals surface area (Å²) in [6.07, 6.45) is 1.49. The fourth-order valence-corrected chi connectivity index (χ4v) is 2.45. The van der Waals surface area contributed by atoms with Crippen molar-refractivity contribution >= 4 is 34.5 Å². The number of nitrogens with one attached hydrogen (secondary N) is 2. The molecule has 0 saturated carbocycles. The van der Waals surface area contributed by atoms with Crippen LogP contribution in [0.4, 0.5) is 28.7 Å². The van der Waals surface area contributed by atoms with E-state index in [0.29, 0.717) is 17.2 Å². The predicted octanol–water partition coefficient (Wildman–Crippen LogP) is 4.23. The SMILES string of the molecule is CC(=O)c1cccc(Nc2cc(Nc3ccc(N(C)C)cc3)ncn2)c1. The van der Waals surface area contributed by atoms with Gasteiger partial charge in [-0.3, -0.25) is 4.79 Å². The Balaban J connectivity index is 1.74. The molecule has 0 spiro atoms. The molecule has 0 aliphatic heterocycles. The number of aromatic nitrogens is 2. The van der Waals surface area contributed by atoms with E-state index in [1.54, 1.807) is 19.1 Å². The van der Waals surface area contributed by atoms with Gasteiger partial charge in [-0.05, 0) is 43.3 Å². The molecule has 0 unspecified atom stereocenters. The maximum atomic E-state index is 11.5. The smallest absolute Gasteiger partial charge is 0.159 e. The molecule has 6 heteroatoms. The molecule has 6 nitrogen and oxygen atoms in total. The van der Waals surface area contributed by atoms with E-state index < -0.39 is 0 Å². The lowest BCUT2D eigenvalue weighted by Gasteiger charge is -2.13. The number of anilines is 5. The zero-order chi connectivity index (χ0) is 18.5. The van der Waals surface area contributed by atoms with E-state index in [4.69, 9.17) is 0 Å². The largest absolute Gasteiger partial charge is 0.378 e. The van der Waals surface area contributed by atoms with E-state index in [1.807, 2.05) is 61.5 Å². The highest BCUT2D eigenvalue weighted by atomic mass is 16.1. The summed E-state index contributed by atoms with van der Waals surface area (Å²) in [6, 6.07) is 17.2. The molecule has 2 N–H and O–H groups in total. The summed E-state index contributed by atoms with van der Waals surface area (Å²) in [5.41, 5.74) is 3.53. The van der Waals surface area contributed by atoms with Gasteiger partial charge in [-0.25, -0.2) is 9.97 Å². The zero-order valence-corrected chi connectivity index (χ0v) is 15.0. The van der Waals surface area contributed by atoms with Crippen LogP contribution >= 0.6 is 0 Å². The Bertz CT molecular complexity index is 906. The molecular weight excluding hydrogens is 326 g/mol. The van der Waals surface area contributed by atoms with E-state index in [9.17, 15) is 4.79 Å².